The summed E-state index contributed by atoms with van der Waals surface area (Å²) >= 11 is 11.3. The molecule has 0 aliphatic heterocycles. The van der Waals surface area contributed by atoms with Gasteiger partial charge in [0.25, 0.3) is 5.24 Å². The molecule has 4 heteroatoms. The molecular weight excluding hydrogens is 235 g/mol. The molecule has 0 N–H and O–H groups in total. The molecule has 15 heavy (non-hydrogen) atoms. The molecule has 0 aromatic heterocycles. The average Bonchev–Trinajstić information content (AvgIpc) is 2.18. The second-order valence-corrected chi connectivity index (χ2v) is 4.03. The molecule has 0 amide bonds. The number of carbonyl (C=O) groups excluding carboxylic acids is 1. The number of hydrogen-bond acceptors (Lipinski definition) is 2. The van der Waals surface area contributed by atoms with Gasteiger partial charge in [-0.2, -0.15) is 0 Å². The van der Waals surface area contributed by atoms with Crippen LogP contribution in [-0.2, 0) is 4.79 Å². The van der Waals surface area contributed by atoms with Crippen LogP contribution in [0.5, 0.6) is 5.75 Å². The summed E-state index contributed by atoms with van der Waals surface area (Å²) in [4.78, 5) is 11.0. The molecule has 0 fully saturated rings. The summed E-state index contributed by atoms with van der Waals surface area (Å²) in [5.41, 5.74) is 1.02. The highest BCUT2D eigenvalue weighted by molar-refractivity contribution is 6.64. The Bertz CT molecular complexity index is 364. The Balaban J connectivity index is 2.87. The molecule has 1 atom stereocenters. The number of rotatable bonds is 4. The van der Waals surface area contributed by atoms with Crippen LogP contribution in [0.25, 0.3) is 0 Å². The fourth-order valence-corrected chi connectivity index (χ4v) is 1.51. The summed E-state index contributed by atoms with van der Waals surface area (Å²) in [6, 6.07) is 5.39. The average molecular weight is 247 g/mol. The molecule has 0 radical (unpaired) electrons. The molecule has 0 aliphatic rings. The van der Waals surface area contributed by atoms with E-state index in [4.69, 9.17) is 27.9 Å². The van der Waals surface area contributed by atoms with Crippen molar-refractivity contribution >= 4 is 28.4 Å². The molecule has 2 nitrogen and oxygen atoms in total. The smallest absolute Gasteiger partial charge is 0.262 e. The van der Waals surface area contributed by atoms with Crippen LogP contribution in [-0.4, -0.2) is 11.3 Å². The van der Waals surface area contributed by atoms with E-state index in [0.29, 0.717) is 17.2 Å². The van der Waals surface area contributed by atoms with Gasteiger partial charge in [-0.15, -0.1) is 0 Å². The van der Waals surface area contributed by atoms with Gasteiger partial charge in [0.05, 0.1) is 5.02 Å². The van der Waals surface area contributed by atoms with Crippen LogP contribution >= 0.6 is 23.2 Å². The first-order chi connectivity index (χ1) is 7.04. The quantitative estimate of drug-likeness (QED) is 0.760. The zero-order valence-electron chi connectivity index (χ0n) is 8.59. The van der Waals surface area contributed by atoms with Gasteiger partial charge in [-0.05, 0) is 42.6 Å². The van der Waals surface area contributed by atoms with Crippen molar-refractivity contribution in [3.05, 3.63) is 28.8 Å². The largest absolute Gasteiger partial charge is 0.480 e. The molecule has 0 aliphatic carbocycles. The standard InChI is InChI=1S/C11H12Cl2O2/c1-3-9(11(13)14)15-10-6-7(2)4-5-8(10)12/h4-6,9H,3H2,1-2H3/t9-/m0/s1. The van der Waals surface area contributed by atoms with Gasteiger partial charge in [0.1, 0.15) is 5.75 Å². The Morgan fingerprint density at radius 2 is 2.20 bits per heavy atom. The lowest BCUT2D eigenvalue weighted by Crippen LogP contribution is -2.22. The van der Waals surface area contributed by atoms with E-state index in [1.54, 1.807) is 12.1 Å². The van der Waals surface area contributed by atoms with Crippen molar-refractivity contribution in [2.75, 3.05) is 0 Å². The van der Waals surface area contributed by atoms with Crippen molar-refractivity contribution in [2.24, 2.45) is 0 Å². The molecule has 1 aromatic carbocycles. The molecule has 1 aromatic rings. The number of aryl methyl sites for hydroxylation is 1. The molecule has 0 unspecified atom stereocenters. The maximum absolute atomic E-state index is 11.0. The number of halogens is 2. The van der Waals surface area contributed by atoms with E-state index < -0.39 is 11.3 Å². The van der Waals surface area contributed by atoms with Crippen LogP contribution in [0.15, 0.2) is 18.2 Å². The first-order valence-electron chi connectivity index (χ1n) is 4.66. The fraction of sp³-hybridized carbons (Fsp3) is 0.364. The maximum atomic E-state index is 11.0. The predicted molar refractivity (Wildman–Crippen MR) is 61.8 cm³/mol. The number of ether oxygens (including phenoxy) is 1. The highest BCUT2D eigenvalue weighted by atomic mass is 35.5. The van der Waals surface area contributed by atoms with Gasteiger partial charge >= 0.3 is 0 Å². The number of carbonyl (C=O) groups is 1. The van der Waals surface area contributed by atoms with E-state index >= 15 is 0 Å². The Kier molecular flexibility index (Phi) is 4.43. The molecule has 82 valence electrons. The normalized spacial score (nSPS) is 12.3. The highest BCUT2D eigenvalue weighted by Gasteiger charge is 2.17. The van der Waals surface area contributed by atoms with E-state index in [1.807, 2.05) is 19.9 Å². The van der Waals surface area contributed by atoms with Crippen molar-refractivity contribution in [3.8, 4) is 5.75 Å². The van der Waals surface area contributed by atoms with Crippen LogP contribution < -0.4 is 4.74 Å². The van der Waals surface area contributed by atoms with Crippen LogP contribution in [0.2, 0.25) is 5.02 Å². The second kappa shape index (κ2) is 5.38. The zero-order valence-corrected chi connectivity index (χ0v) is 10.1. The lowest BCUT2D eigenvalue weighted by atomic mass is 10.2. The topological polar surface area (TPSA) is 26.3 Å². The summed E-state index contributed by atoms with van der Waals surface area (Å²) in [5, 5.41) is -0.0213. The van der Waals surface area contributed by atoms with Crippen LogP contribution in [0, 0.1) is 6.92 Å². The zero-order chi connectivity index (χ0) is 11.4. The van der Waals surface area contributed by atoms with Crippen molar-refractivity contribution in [2.45, 2.75) is 26.4 Å². The Morgan fingerprint density at radius 3 is 2.73 bits per heavy atom. The monoisotopic (exact) mass is 246 g/mol. The van der Waals surface area contributed by atoms with Crippen LogP contribution in [0.4, 0.5) is 0 Å². The van der Waals surface area contributed by atoms with Crippen molar-refractivity contribution < 1.29 is 9.53 Å². The fourth-order valence-electron chi connectivity index (χ4n) is 1.14. The van der Waals surface area contributed by atoms with Gasteiger partial charge in [-0.1, -0.05) is 24.6 Å². The second-order valence-electron chi connectivity index (χ2n) is 3.25. The first-order valence-corrected chi connectivity index (χ1v) is 5.42. The summed E-state index contributed by atoms with van der Waals surface area (Å²) in [6.07, 6.45) is -0.113. The number of benzene rings is 1. The van der Waals surface area contributed by atoms with Gasteiger partial charge in [-0.25, -0.2) is 0 Å². The van der Waals surface area contributed by atoms with Gasteiger partial charge in [0.15, 0.2) is 6.10 Å². The molecule has 0 spiro atoms. The molecular formula is C11H12Cl2O2. The minimum atomic E-state index is -0.633. The SMILES string of the molecule is CC[C@H](Oc1cc(C)ccc1Cl)C(=O)Cl. The lowest BCUT2D eigenvalue weighted by Gasteiger charge is -2.14. The van der Waals surface area contributed by atoms with Crippen LogP contribution in [0.1, 0.15) is 18.9 Å². The lowest BCUT2D eigenvalue weighted by molar-refractivity contribution is -0.117. The summed E-state index contributed by atoms with van der Waals surface area (Å²) in [7, 11) is 0. The summed E-state index contributed by atoms with van der Waals surface area (Å²) in [5.74, 6) is 0.498. The molecule has 0 bridgehead atoms. The predicted octanol–water partition coefficient (Wildman–Crippen LogP) is 3.57. The highest BCUT2D eigenvalue weighted by Crippen LogP contribution is 2.27. The third-order valence-corrected chi connectivity index (χ3v) is 2.54. The third-order valence-electron chi connectivity index (χ3n) is 1.98. The van der Waals surface area contributed by atoms with E-state index in [9.17, 15) is 4.79 Å². The Hall–Kier alpha value is -0.730. The van der Waals surface area contributed by atoms with Gasteiger partial charge in [0.2, 0.25) is 0 Å². The van der Waals surface area contributed by atoms with Crippen molar-refractivity contribution in [1.29, 1.82) is 0 Å². The third kappa shape index (κ3) is 3.40. The van der Waals surface area contributed by atoms with Gasteiger partial charge < -0.3 is 4.74 Å². The van der Waals surface area contributed by atoms with Gasteiger partial charge in [0, 0.05) is 0 Å². The minimum absolute atomic E-state index is 0.483. The Labute approximate surface area is 99.1 Å². The Morgan fingerprint density at radius 1 is 1.53 bits per heavy atom. The molecule has 0 saturated carbocycles. The minimum Gasteiger partial charge on any atom is -0.480 e. The first kappa shape index (κ1) is 12.3. The van der Waals surface area contributed by atoms with Crippen LogP contribution in [0.3, 0.4) is 0 Å². The number of hydrogen-bond donors (Lipinski definition) is 0. The molecule has 0 saturated heterocycles. The maximum Gasteiger partial charge on any atom is 0.262 e. The van der Waals surface area contributed by atoms with Gasteiger partial charge in [-0.3, -0.25) is 4.79 Å². The van der Waals surface area contributed by atoms with Crippen molar-refractivity contribution in [3.63, 3.8) is 0 Å². The van der Waals surface area contributed by atoms with E-state index in [2.05, 4.69) is 0 Å². The summed E-state index contributed by atoms with van der Waals surface area (Å²) in [6.45, 7) is 3.75. The van der Waals surface area contributed by atoms with E-state index in [1.165, 1.54) is 0 Å². The van der Waals surface area contributed by atoms with E-state index in [-0.39, 0.29) is 0 Å². The summed E-state index contributed by atoms with van der Waals surface area (Å²) < 4.78 is 5.42. The van der Waals surface area contributed by atoms with Crippen molar-refractivity contribution in [1.82, 2.24) is 0 Å². The molecule has 0 heterocycles. The molecule has 1 rings (SSSR count). The van der Waals surface area contributed by atoms with E-state index in [0.717, 1.165) is 5.56 Å².